The summed E-state index contributed by atoms with van der Waals surface area (Å²) in [5, 5.41) is 10.2. The van der Waals surface area contributed by atoms with Crippen LogP contribution in [0.5, 0.6) is 5.75 Å². The molecule has 1 aliphatic rings. The first kappa shape index (κ1) is 25.2. The van der Waals surface area contributed by atoms with Crippen LogP contribution in [0.4, 0.5) is 29.1 Å². The number of nitrogen functional groups attached to an aromatic ring is 1. The SMILES string of the molecule is [2H]C(F)(F)[C@@H](O)[C@@]1(N)CCCN(c2cnc(-c3cc(F)c(OC)cc3F)cc2Cn2cnc3c(N)ncnc32)C1. The van der Waals surface area contributed by atoms with Gasteiger partial charge in [0.2, 0.25) is 0 Å². The summed E-state index contributed by atoms with van der Waals surface area (Å²) in [5.74, 6) is -1.65. The Balaban J connectivity index is 1.60. The third-order valence-electron chi connectivity index (χ3n) is 6.90. The maximum atomic E-state index is 14.9. The van der Waals surface area contributed by atoms with Crippen molar-refractivity contribution in [3.63, 3.8) is 0 Å². The number of aromatic nitrogens is 5. The van der Waals surface area contributed by atoms with Crippen molar-refractivity contribution in [2.75, 3.05) is 30.8 Å². The van der Waals surface area contributed by atoms with Gasteiger partial charge in [0.25, 0.3) is 6.40 Å². The van der Waals surface area contributed by atoms with E-state index in [1.54, 1.807) is 15.5 Å². The lowest BCUT2D eigenvalue weighted by molar-refractivity contribution is -0.0529. The van der Waals surface area contributed by atoms with Crippen molar-refractivity contribution in [3.8, 4) is 17.0 Å². The van der Waals surface area contributed by atoms with E-state index < -0.39 is 29.7 Å². The van der Waals surface area contributed by atoms with Crippen LogP contribution >= 0.6 is 0 Å². The summed E-state index contributed by atoms with van der Waals surface area (Å²) >= 11 is 0. The van der Waals surface area contributed by atoms with Crippen LogP contribution < -0.4 is 21.1 Å². The molecule has 0 bridgehead atoms. The normalized spacial score (nSPS) is 19.3. The van der Waals surface area contributed by atoms with Crippen LogP contribution in [0.25, 0.3) is 22.4 Å². The maximum Gasteiger partial charge on any atom is 0.265 e. The molecule has 10 nitrogen and oxygen atoms in total. The number of anilines is 2. The molecular weight excluding hydrogens is 520 g/mol. The van der Waals surface area contributed by atoms with E-state index in [-0.39, 0.29) is 42.3 Å². The number of pyridine rings is 1. The number of aliphatic hydroxyl groups excluding tert-OH is 1. The van der Waals surface area contributed by atoms with Crippen molar-refractivity contribution in [2.45, 2.75) is 37.4 Å². The zero-order chi connectivity index (χ0) is 28.8. The minimum Gasteiger partial charge on any atom is -0.494 e. The molecule has 206 valence electrons. The van der Waals surface area contributed by atoms with E-state index in [0.717, 1.165) is 12.1 Å². The highest BCUT2D eigenvalue weighted by Gasteiger charge is 2.43. The standard InChI is InChI=1S/C25H26F4N8O2/c1-39-19-7-15(26)14(6-16(19)27)17-5-13(9-37-12-35-20-23(30)33-11-34-24(20)37)18(8-32-17)36-4-2-3-25(31,10-36)21(38)22(28)29/h5-8,11-12,21-22,38H,2-4,9-10,31H2,1H3,(H2,30,33,34)/t21-,25-/m1/s1/i22D. The van der Waals surface area contributed by atoms with Gasteiger partial charge in [0, 0.05) is 24.7 Å². The van der Waals surface area contributed by atoms with Gasteiger partial charge in [-0.2, -0.15) is 0 Å². The number of nitrogens with zero attached hydrogens (tertiary/aromatic N) is 6. The quantitative estimate of drug-likeness (QED) is 0.298. The van der Waals surface area contributed by atoms with E-state index in [1.807, 2.05) is 0 Å². The van der Waals surface area contributed by atoms with Crippen molar-refractivity contribution >= 4 is 22.7 Å². The van der Waals surface area contributed by atoms with Gasteiger partial charge in [-0.3, -0.25) is 4.98 Å². The van der Waals surface area contributed by atoms with Crippen LogP contribution in [0.2, 0.25) is 0 Å². The number of fused-ring (bicyclic) bond motifs is 1. The van der Waals surface area contributed by atoms with Crippen LogP contribution in [0.1, 0.15) is 19.8 Å². The van der Waals surface area contributed by atoms with Crippen LogP contribution in [-0.2, 0) is 6.54 Å². The Labute approximate surface area is 221 Å². The van der Waals surface area contributed by atoms with Crippen molar-refractivity contribution in [2.24, 2.45) is 5.73 Å². The van der Waals surface area contributed by atoms with Crippen LogP contribution in [0.3, 0.4) is 0 Å². The summed E-state index contributed by atoms with van der Waals surface area (Å²) in [4.78, 5) is 18.4. The minimum atomic E-state index is -4.16. The van der Waals surface area contributed by atoms with Crippen molar-refractivity contribution in [1.29, 1.82) is 0 Å². The number of nitrogens with two attached hydrogens (primary N) is 2. The average Bonchev–Trinajstić information content (AvgIpc) is 3.32. The molecule has 0 unspecified atom stereocenters. The summed E-state index contributed by atoms with van der Waals surface area (Å²) < 4.78 is 70.5. The fourth-order valence-corrected chi connectivity index (χ4v) is 4.89. The molecule has 0 spiro atoms. The Morgan fingerprint density at radius 1 is 1.18 bits per heavy atom. The molecule has 0 amide bonds. The number of piperidine rings is 1. The number of hydrogen-bond donors (Lipinski definition) is 3. The van der Waals surface area contributed by atoms with Crippen molar-refractivity contribution < 1.29 is 28.8 Å². The molecule has 0 radical (unpaired) electrons. The molecule has 1 aliphatic heterocycles. The third-order valence-corrected chi connectivity index (χ3v) is 6.90. The first-order valence-corrected chi connectivity index (χ1v) is 11.9. The van der Waals surface area contributed by atoms with E-state index >= 15 is 0 Å². The summed E-state index contributed by atoms with van der Waals surface area (Å²) in [7, 11) is 1.22. The van der Waals surface area contributed by atoms with Gasteiger partial charge in [-0.1, -0.05) is 0 Å². The van der Waals surface area contributed by atoms with Crippen LogP contribution in [0, 0.1) is 11.6 Å². The molecule has 5 rings (SSSR count). The second-order valence-corrected chi connectivity index (χ2v) is 9.42. The summed E-state index contributed by atoms with van der Waals surface area (Å²) in [5.41, 5.74) is 12.1. The average molecular weight is 548 g/mol. The molecule has 0 saturated carbocycles. The second-order valence-electron chi connectivity index (χ2n) is 9.42. The Morgan fingerprint density at radius 2 is 1.97 bits per heavy atom. The molecule has 39 heavy (non-hydrogen) atoms. The molecule has 1 fully saturated rings. The first-order valence-electron chi connectivity index (χ1n) is 12.4. The lowest BCUT2D eigenvalue weighted by Crippen LogP contribution is -2.63. The molecule has 4 aromatic rings. The topological polar surface area (TPSA) is 141 Å². The highest BCUT2D eigenvalue weighted by atomic mass is 19.3. The van der Waals surface area contributed by atoms with Gasteiger partial charge in [-0.05, 0) is 30.5 Å². The number of aliphatic hydroxyl groups is 1. The van der Waals surface area contributed by atoms with E-state index in [2.05, 4.69) is 19.9 Å². The summed E-state index contributed by atoms with van der Waals surface area (Å²) in [6, 6.07) is 3.43. The molecule has 1 aromatic carbocycles. The predicted octanol–water partition coefficient (Wildman–Crippen LogP) is 2.73. The molecule has 0 aliphatic carbocycles. The highest BCUT2D eigenvalue weighted by molar-refractivity contribution is 5.81. The minimum absolute atomic E-state index is 0.0681. The van der Waals surface area contributed by atoms with E-state index in [0.29, 0.717) is 35.4 Å². The zero-order valence-corrected chi connectivity index (χ0v) is 20.8. The third kappa shape index (κ3) is 4.92. The van der Waals surface area contributed by atoms with E-state index in [4.69, 9.17) is 17.6 Å². The number of rotatable bonds is 7. The number of benzene rings is 1. The van der Waals surface area contributed by atoms with Gasteiger partial charge in [-0.25, -0.2) is 32.5 Å². The van der Waals surface area contributed by atoms with Gasteiger partial charge in [0.05, 0.1) is 43.1 Å². The monoisotopic (exact) mass is 547 g/mol. The van der Waals surface area contributed by atoms with Crippen LogP contribution in [0.15, 0.2) is 37.1 Å². The molecular formula is C25H26F4N8O2. The molecule has 3 aromatic heterocycles. The lowest BCUT2D eigenvalue weighted by Gasteiger charge is -2.44. The molecule has 4 heterocycles. The second kappa shape index (κ2) is 10.3. The fraction of sp³-hybridized carbons (Fsp3) is 0.360. The smallest absolute Gasteiger partial charge is 0.265 e. The Morgan fingerprint density at radius 3 is 2.72 bits per heavy atom. The van der Waals surface area contributed by atoms with Gasteiger partial charge < -0.3 is 30.8 Å². The van der Waals surface area contributed by atoms with Gasteiger partial charge in [0.15, 0.2) is 23.0 Å². The Hall–Kier alpha value is -4.04. The fourth-order valence-electron chi connectivity index (χ4n) is 4.89. The van der Waals surface area contributed by atoms with Gasteiger partial charge in [-0.15, -0.1) is 0 Å². The molecule has 5 N–H and O–H groups in total. The summed E-state index contributed by atoms with van der Waals surface area (Å²) in [6.07, 6.45) is -1.98. The molecule has 2 atom stereocenters. The number of alkyl halides is 2. The molecule has 14 heteroatoms. The predicted molar refractivity (Wildman–Crippen MR) is 135 cm³/mol. The largest absolute Gasteiger partial charge is 0.494 e. The molecule has 1 saturated heterocycles. The number of halogens is 4. The van der Waals surface area contributed by atoms with Gasteiger partial charge >= 0.3 is 0 Å². The Kier molecular flexibility index (Phi) is 6.64. The van der Waals surface area contributed by atoms with Crippen molar-refractivity contribution in [1.82, 2.24) is 24.5 Å². The first-order chi connectivity index (χ1) is 18.9. The van der Waals surface area contributed by atoms with Crippen LogP contribution in [-0.4, -0.2) is 67.9 Å². The Bertz CT molecular complexity index is 1570. The summed E-state index contributed by atoms with van der Waals surface area (Å²) in [6.45, 7) is 0.278. The lowest BCUT2D eigenvalue weighted by atomic mass is 9.84. The number of methoxy groups -OCH3 is 1. The van der Waals surface area contributed by atoms with Gasteiger partial charge in [0.1, 0.15) is 25.1 Å². The van der Waals surface area contributed by atoms with E-state index in [1.165, 1.54) is 26.0 Å². The number of imidazole rings is 1. The maximum absolute atomic E-state index is 14.9. The van der Waals surface area contributed by atoms with Crippen molar-refractivity contribution in [3.05, 3.63) is 54.2 Å². The van der Waals surface area contributed by atoms with E-state index in [9.17, 15) is 22.7 Å². The number of ether oxygens (including phenoxy) is 1. The number of hydrogen-bond acceptors (Lipinski definition) is 9. The highest BCUT2D eigenvalue weighted by Crippen LogP contribution is 2.34. The zero-order valence-electron chi connectivity index (χ0n) is 21.8.